The molecule has 0 N–H and O–H groups in total. The van der Waals surface area contributed by atoms with Gasteiger partial charge in [0.15, 0.2) is 0 Å². The molecule has 0 fully saturated rings. The Morgan fingerprint density at radius 2 is 1.44 bits per heavy atom. The topological polar surface area (TPSA) is 27.7 Å². The van der Waals surface area contributed by atoms with Crippen LogP contribution in [0.25, 0.3) is 0 Å². The van der Waals surface area contributed by atoms with Crippen molar-refractivity contribution in [3.8, 4) is 0 Å². The maximum atomic E-state index is 4.96. The molecule has 0 saturated heterocycles. The molecule has 0 aromatic carbocycles. The van der Waals surface area contributed by atoms with E-state index in [2.05, 4.69) is 12.2 Å². The van der Waals surface area contributed by atoms with E-state index in [1.54, 1.807) is 6.92 Å². The van der Waals surface area contributed by atoms with E-state index in [-0.39, 0.29) is 0 Å². The van der Waals surface area contributed by atoms with Gasteiger partial charge in [-0.2, -0.15) is 0 Å². The van der Waals surface area contributed by atoms with Crippen LogP contribution in [0.3, 0.4) is 0 Å². The van der Waals surface area contributed by atoms with Gasteiger partial charge in [0, 0.05) is 0 Å². The molecule has 3 nitrogen and oxygen atoms in total. The van der Waals surface area contributed by atoms with Crippen LogP contribution in [0.5, 0.6) is 0 Å². The number of rotatable bonds is 4. The van der Waals surface area contributed by atoms with Gasteiger partial charge in [-0.25, -0.2) is 0 Å². The normalized spacial score (nSPS) is 12.0. The second-order valence-corrected chi connectivity index (χ2v) is 4.64. The fourth-order valence-corrected chi connectivity index (χ4v) is 2.18. The molecule has 56 valence electrons. The fraction of sp³-hybridized carbons (Fsp3) is 1.00. The van der Waals surface area contributed by atoms with Gasteiger partial charge in [-0.05, 0) is 6.92 Å². The van der Waals surface area contributed by atoms with Crippen LogP contribution in [0.1, 0.15) is 6.92 Å². The largest absolute Gasteiger partial charge is 0.474 e. The summed E-state index contributed by atoms with van der Waals surface area (Å²) in [6, 6.07) is 0. The van der Waals surface area contributed by atoms with Gasteiger partial charge in [-0.3, -0.25) is 0 Å². The zero-order valence-electron chi connectivity index (χ0n) is 4.51. The predicted molar refractivity (Wildman–Crippen MR) is 38.3 cm³/mol. The van der Waals surface area contributed by atoms with E-state index in [0.29, 0.717) is 6.16 Å². The average Bonchev–Trinajstić information content (AvgIpc) is 1.95. The Balaban J connectivity index is 3.82. The minimum absolute atomic E-state index is 0.392. The molecule has 0 heterocycles. The molecule has 0 unspecified atom stereocenters. The van der Waals surface area contributed by atoms with Gasteiger partial charge in [0.25, 0.3) is 0 Å². The fourth-order valence-electron chi connectivity index (χ4n) is 0.178. The lowest BCUT2D eigenvalue weighted by atomic mass is 11.0. The summed E-state index contributed by atoms with van der Waals surface area (Å²) in [5, 5.41) is 0. The summed E-state index contributed by atoms with van der Waals surface area (Å²) in [5.74, 6) is 0. The molecule has 0 aliphatic rings. The van der Waals surface area contributed by atoms with E-state index in [9.17, 15) is 0 Å². The van der Waals surface area contributed by atoms with Crippen LogP contribution in [0.15, 0.2) is 0 Å². The van der Waals surface area contributed by atoms with Gasteiger partial charge in [0.2, 0.25) is 0 Å². The van der Waals surface area contributed by atoms with E-state index < -0.39 is 7.94 Å². The maximum Gasteiger partial charge on any atom is 0.474 e. The van der Waals surface area contributed by atoms with E-state index in [1.807, 2.05) is 0 Å². The van der Waals surface area contributed by atoms with Crippen molar-refractivity contribution in [3.63, 3.8) is 0 Å². The molecular weight excluding hydrogens is 209 g/mol. The molecule has 0 aromatic rings. The zero-order chi connectivity index (χ0) is 7.33. The van der Waals surface area contributed by atoms with Gasteiger partial charge >= 0.3 is 7.94 Å². The maximum absolute atomic E-state index is 4.96. The summed E-state index contributed by atoms with van der Waals surface area (Å²) in [5.41, 5.74) is 0. The Bertz CT molecular complexity index is 59.9. The van der Waals surface area contributed by atoms with Crippen molar-refractivity contribution in [3.05, 3.63) is 0 Å². The molecule has 0 saturated carbocycles. The zero-order valence-corrected chi connectivity index (χ0v) is 7.68. The average molecular weight is 214 g/mol. The third kappa shape index (κ3) is 2.72. The molecule has 0 spiro atoms. The predicted octanol–water partition coefficient (Wildman–Crippen LogP) is 3.28. The highest BCUT2D eigenvalue weighted by atomic mass is 35.5. The van der Waals surface area contributed by atoms with Crippen LogP contribution >= 0.6 is 43.5 Å². The van der Waals surface area contributed by atoms with Crippen molar-refractivity contribution >= 4 is 43.5 Å². The van der Waals surface area contributed by atoms with Crippen LogP contribution < -0.4 is 0 Å². The van der Waals surface area contributed by atoms with Crippen molar-refractivity contribution < 1.29 is 12.2 Å². The molecule has 0 radical (unpaired) electrons. The molecular formula is C2H5Cl3O3P+. The number of halogens is 3. The van der Waals surface area contributed by atoms with Crippen molar-refractivity contribution in [2.75, 3.05) is 6.16 Å². The van der Waals surface area contributed by atoms with E-state index >= 15 is 0 Å². The standard InChI is InChI=1S/C2H5Cl3O3P/c1-2-9(6-3,7-4)8-5/h2H2,1H3/q+1. The first-order valence-electron chi connectivity index (χ1n) is 2.03. The lowest BCUT2D eigenvalue weighted by Gasteiger charge is -2.06. The number of hydrogen-bond acceptors (Lipinski definition) is 3. The van der Waals surface area contributed by atoms with Crippen molar-refractivity contribution in [2.45, 2.75) is 6.92 Å². The van der Waals surface area contributed by atoms with Crippen molar-refractivity contribution in [1.82, 2.24) is 0 Å². The first-order chi connectivity index (χ1) is 4.24. The van der Waals surface area contributed by atoms with Crippen LogP contribution in [0, 0.1) is 0 Å². The smallest absolute Gasteiger partial charge is 0.0615 e. The van der Waals surface area contributed by atoms with E-state index in [4.69, 9.17) is 35.6 Å². The first-order valence-corrected chi connectivity index (χ1v) is 4.69. The third-order valence-corrected chi connectivity index (χ3v) is 4.00. The highest BCUT2D eigenvalue weighted by Gasteiger charge is 2.45. The Hall–Kier alpha value is 1.18. The van der Waals surface area contributed by atoms with Gasteiger partial charge in [0.1, 0.15) is 41.8 Å². The van der Waals surface area contributed by atoms with Crippen molar-refractivity contribution in [2.24, 2.45) is 0 Å². The van der Waals surface area contributed by atoms with Crippen LogP contribution in [0.4, 0.5) is 0 Å². The first kappa shape index (κ1) is 10.2. The van der Waals surface area contributed by atoms with E-state index in [0.717, 1.165) is 0 Å². The molecule has 0 atom stereocenters. The van der Waals surface area contributed by atoms with Gasteiger partial charge in [-0.15, -0.1) is 0 Å². The van der Waals surface area contributed by atoms with Crippen LogP contribution in [-0.4, -0.2) is 6.16 Å². The van der Waals surface area contributed by atoms with Crippen molar-refractivity contribution in [1.29, 1.82) is 0 Å². The Kier molecular flexibility index (Phi) is 5.56. The van der Waals surface area contributed by atoms with E-state index in [1.165, 1.54) is 0 Å². The molecule has 0 aromatic heterocycles. The molecule has 0 bridgehead atoms. The molecule has 9 heavy (non-hydrogen) atoms. The minimum Gasteiger partial charge on any atom is -0.0615 e. The summed E-state index contributed by atoms with van der Waals surface area (Å²) in [6.45, 7) is 1.72. The lowest BCUT2D eigenvalue weighted by Crippen LogP contribution is -1.94. The molecule has 0 rings (SSSR count). The Morgan fingerprint density at radius 3 is 1.44 bits per heavy atom. The SMILES string of the molecule is CC[P+](OCl)(OCl)OCl. The highest BCUT2D eigenvalue weighted by molar-refractivity contribution is 7.64. The summed E-state index contributed by atoms with van der Waals surface area (Å²) in [4.78, 5) is 0. The van der Waals surface area contributed by atoms with Gasteiger partial charge in [0.05, 0.1) is 0 Å². The lowest BCUT2D eigenvalue weighted by molar-refractivity contribution is 0.402. The highest BCUT2D eigenvalue weighted by Crippen LogP contribution is 2.64. The van der Waals surface area contributed by atoms with Crippen LogP contribution in [0.2, 0.25) is 0 Å². The quantitative estimate of drug-likeness (QED) is 0.672. The summed E-state index contributed by atoms with van der Waals surface area (Å²) in [6.07, 6.45) is 0.392. The summed E-state index contributed by atoms with van der Waals surface area (Å²) < 4.78 is 12.8. The third-order valence-electron chi connectivity index (χ3n) is 0.703. The minimum atomic E-state index is -2.62. The summed E-state index contributed by atoms with van der Waals surface area (Å²) in [7, 11) is -2.62. The molecule has 0 aliphatic heterocycles. The molecule has 0 aliphatic carbocycles. The monoisotopic (exact) mass is 213 g/mol. The second kappa shape index (κ2) is 4.91. The molecule has 0 amide bonds. The van der Waals surface area contributed by atoms with Crippen LogP contribution in [-0.2, 0) is 12.2 Å². The second-order valence-electron chi connectivity index (χ2n) is 1.13. The van der Waals surface area contributed by atoms with Gasteiger partial charge in [-0.1, -0.05) is 12.2 Å². The number of hydrogen-bond donors (Lipinski definition) is 0. The van der Waals surface area contributed by atoms with Gasteiger partial charge < -0.3 is 0 Å². The Morgan fingerprint density at radius 1 is 1.11 bits per heavy atom. The summed E-state index contributed by atoms with van der Waals surface area (Å²) >= 11 is 14.9. The molecule has 7 heteroatoms. The Labute approximate surface area is 69.2 Å².